The maximum absolute atomic E-state index is 12.8. The number of hydrogen-bond acceptors (Lipinski definition) is 5. The molecular formula is C18H19FN2O4. The third-order valence-corrected chi connectivity index (χ3v) is 3.64. The molecule has 0 radical (unpaired) electrons. The highest BCUT2D eigenvalue weighted by atomic mass is 19.1. The summed E-state index contributed by atoms with van der Waals surface area (Å²) in [5.41, 5.74) is 0.441. The number of pyridine rings is 1. The summed E-state index contributed by atoms with van der Waals surface area (Å²) >= 11 is 0. The van der Waals surface area contributed by atoms with Crippen molar-refractivity contribution in [1.29, 1.82) is 0 Å². The van der Waals surface area contributed by atoms with Crippen LogP contribution in [0.2, 0.25) is 0 Å². The Labute approximate surface area is 144 Å². The quantitative estimate of drug-likeness (QED) is 0.779. The molecule has 1 aromatic heterocycles. The predicted octanol–water partition coefficient (Wildman–Crippen LogP) is 2.20. The van der Waals surface area contributed by atoms with Gasteiger partial charge in [-0.3, -0.25) is 4.79 Å². The van der Waals surface area contributed by atoms with E-state index in [1.165, 1.54) is 30.5 Å². The van der Waals surface area contributed by atoms with Gasteiger partial charge in [0, 0.05) is 18.7 Å². The fraction of sp³-hybridized carbons (Fsp3) is 0.333. The van der Waals surface area contributed by atoms with E-state index in [1.54, 1.807) is 12.1 Å². The minimum atomic E-state index is -0.318. The van der Waals surface area contributed by atoms with Crippen molar-refractivity contribution in [3.8, 4) is 11.6 Å². The van der Waals surface area contributed by atoms with Gasteiger partial charge in [-0.05, 0) is 30.3 Å². The van der Waals surface area contributed by atoms with E-state index in [4.69, 9.17) is 14.2 Å². The average molecular weight is 346 g/mol. The minimum absolute atomic E-state index is 0.0239. The number of nitrogens with zero attached hydrogens (tertiary/aromatic N) is 1. The fourth-order valence-corrected chi connectivity index (χ4v) is 2.33. The van der Waals surface area contributed by atoms with E-state index in [-0.39, 0.29) is 24.4 Å². The van der Waals surface area contributed by atoms with E-state index < -0.39 is 0 Å². The summed E-state index contributed by atoms with van der Waals surface area (Å²) in [4.78, 5) is 16.2. The third-order valence-electron chi connectivity index (χ3n) is 3.64. The number of carbonyl (C=O) groups excluding carboxylic acids is 1. The summed E-state index contributed by atoms with van der Waals surface area (Å²) in [6, 6.07) is 9.04. The maximum atomic E-state index is 12.8. The maximum Gasteiger partial charge on any atom is 0.252 e. The van der Waals surface area contributed by atoms with Gasteiger partial charge in [-0.25, -0.2) is 9.37 Å². The number of carbonyl (C=O) groups is 1. The van der Waals surface area contributed by atoms with Crippen molar-refractivity contribution in [1.82, 2.24) is 10.3 Å². The molecule has 0 saturated carbocycles. The van der Waals surface area contributed by atoms with Gasteiger partial charge in [0.2, 0.25) is 5.88 Å². The molecule has 1 N–H and O–H groups in total. The van der Waals surface area contributed by atoms with Crippen LogP contribution < -0.4 is 14.8 Å². The zero-order chi connectivity index (χ0) is 17.5. The fourth-order valence-electron chi connectivity index (χ4n) is 2.33. The molecule has 1 saturated heterocycles. The third kappa shape index (κ3) is 5.15. The number of aromatic nitrogens is 1. The first-order valence-electron chi connectivity index (χ1n) is 8.08. The largest absolute Gasteiger partial charge is 0.492 e. The van der Waals surface area contributed by atoms with Crippen LogP contribution in [-0.4, -0.2) is 43.4 Å². The summed E-state index contributed by atoms with van der Waals surface area (Å²) < 4.78 is 29.1. The van der Waals surface area contributed by atoms with Gasteiger partial charge >= 0.3 is 0 Å². The molecule has 1 atom stereocenters. The molecule has 1 amide bonds. The van der Waals surface area contributed by atoms with Crippen LogP contribution in [-0.2, 0) is 4.74 Å². The first-order valence-corrected chi connectivity index (χ1v) is 8.08. The minimum Gasteiger partial charge on any atom is -0.492 e. The van der Waals surface area contributed by atoms with Gasteiger partial charge in [0.25, 0.3) is 5.91 Å². The molecule has 2 aromatic rings. The predicted molar refractivity (Wildman–Crippen MR) is 88.3 cm³/mol. The molecule has 1 unspecified atom stereocenters. The van der Waals surface area contributed by atoms with Crippen LogP contribution in [0.5, 0.6) is 11.6 Å². The molecule has 0 bridgehead atoms. The molecule has 0 spiro atoms. The molecule has 2 heterocycles. The summed E-state index contributed by atoms with van der Waals surface area (Å²) in [6.45, 7) is 1.88. The van der Waals surface area contributed by atoms with E-state index in [1.807, 2.05) is 0 Å². The molecule has 1 aliphatic rings. The Morgan fingerprint density at radius 3 is 2.80 bits per heavy atom. The van der Waals surface area contributed by atoms with Gasteiger partial charge in [0.15, 0.2) is 0 Å². The lowest BCUT2D eigenvalue weighted by molar-refractivity contribution is 0.0946. The molecule has 1 aromatic carbocycles. The lowest BCUT2D eigenvalue weighted by Gasteiger charge is -2.11. The number of rotatable bonds is 7. The highest BCUT2D eigenvalue weighted by Crippen LogP contribution is 2.14. The second kappa shape index (κ2) is 8.43. The van der Waals surface area contributed by atoms with E-state index in [0.717, 1.165) is 6.42 Å². The van der Waals surface area contributed by atoms with Crippen molar-refractivity contribution in [2.24, 2.45) is 0 Å². The Bertz CT molecular complexity index is 685. The Balaban J connectivity index is 1.40. The van der Waals surface area contributed by atoms with Gasteiger partial charge in [0.05, 0.1) is 25.3 Å². The summed E-state index contributed by atoms with van der Waals surface area (Å²) in [6.07, 6.45) is 2.34. The first-order chi connectivity index (χ1) is 12.2. The number of amides is 1. The van der Waals surface area contributed by atoms with Gasteiger partial charge in [-0.15, -0.1) is 0 Å². The van der Waals surface area contributed by atoms with E-state index in [0.29, 0.717) is 37.0 Å². The zero-order valence-electron chi connectivity index (χ0n) is 13.6. The standard InChI is InChI=1S/C18H19FN2O4/c19-14-2-4-15(5-3-14)24-10-8-20-18(22)13-1-6-17(21-11-13)25-16-7-9-23-12-16/h1-6,11,16H,7-10,12H2,(H,20,22). The highest BCUT2D eigenvalue weighted by molar-refractivity contribution is 5.93. The van der Waals surface area contributed by atoms with Crippen molar-refractivity contribution in [3.05, 3.63) is 54.0 Å². The number of hydrogen-bond donors (Lipinski definition) is 1. The molecular weight excluding hydrogens is 327 g/mol. The molecule has 3 rings (SSSR count). The SMILES string of the molecule is O=C(NCCOc1ccc(F)cc1)c1ccc(OC2CCOC2)nc1. The van der Waals surface area contributed by atoms with Crippen LogP contribution in [0.15, 0.2) is 42.6 Å². The van der Waals surface area contributed by atoms with Crippen LogP contribution in [0, 0.1) is 5.82 Å². The molecule has 1 aliphatic heterocycles. The van der Waals surface area contributed by atoms with Crippen LogP contribution in [0.25, 0.3) is 0 Å². The monoisotopic (exact) mass is 346 g/mol. The smallest absolute Gasteiger partial charge is 0.252 e. The van der Waals surface area contributed by atoms with Crippen LogP contribution in [0.1, 0.15) is 16.8 Å². The van der Waals surface area contributed by atoms with E-state index >= 15 is 0 Å². The second-order valence-corrected chi connectivity index (χ2v) is 5.55. The highest BCUT2D eigenvalue weighted by Gasteiger charge is 2.17. The topological polar surface area (TPSA) is 69.7 Å². The lowest BCUT2D eigenvalue weighted by atomic mass is 10.2. The molecule has 25 heavy (non-hydrogen) atoms. The Hall–Kier alpha value is -2.67. The molecule has 7 heteroatoms. The van der Waals surface area contributed by atoms with Crippen molar-refractivity contribution in [2.45, 2.75) is 12.5 Å². The van der Waals surface area contributed by atoms with Crippen LogP contribution >= 0.6 is 0 Å². The van der Waals surface area contributed by atoms with Crippen LogP contribution in [0.4, 0.5) is 4.39 Å². The lowest BCUT2D eigenvalue weighted by Crippen LogP contribution is -2.28. The Morgan fingerprint density at radius 1 is 1.28 bits per heavy atom. The zero-order valence-corrected chi connectivity index (χ0v) is 13.6. The van der Waals surface area contributed by atoms with Crippen molar-refractivity contribution in [2.75, 3.05) is 26.4 Å². The second-order valence-electron chi connectivity index (χ2n) is 5.55. The Kier molecular flexibility index (Phi) is 5.79. The van der Waals surface area contributed by atoms with E-state index in [2.05, 4.69) is 10.3 Å². The molecule has 0 aliphatic carbocycles. The molecule has 132 valence electrons. The summed E-state index contributed by atoms with van der Waals surface area (Å²) in [5, 5.41) is 2.73. The first kappa shape index (κ1) is 17.2. The van der Waals surface area contributed by atoms with Gasteiger partial charge in [-0.2, -0.15) is 0 Å². The average Bonchev–Trinajstić information content (AvgIpc) is 3.14. The number of nitrogens with one attached hydrogen (secondary N) is 1. The van der Waals surface area contributed by atoms with Crippen molar-refractivity contribution < 1.29 is 23.4 Å². The normalized spacial score (nSPS) is 16.4. The number of halogens is 1. The van der Waals surface area contributed by atoms with Gasteiger partial charge in [-0.1, -0.05) is 0 Å². The van der Waals surface area contributed by atoms with Gasteiger partial charge < -0.3 is 19.5 Å². The molecule has 1 fully saturated rings. The molecule has 6 nitrogen and oxygen atoms in total. The van der Waals surface area contributed by atoms with Gasteiger partial charge in [0.1, 0.15) is 24.3 Å². The van der Waals surface area contributed by atoms with Crippen LogP contribution in [0.3, 0.4) is 0 Å². The summed E-state index contributed by atoms with van der Waals surface area (Å²) in [7, 11) is 0. The van der Waals surface area contributed by atoms with E-state index in [9.17, 15) is 9.18 Å². The number of benzene rings is 1. The van der Waals surface area contributed by atoms with Crippen molar-refractivity contribution >= 4 is 5.91 Å². The Morgan fingerprint density at radius 2 is 2.12 bits per heavy atom. The van der Waals surface area contributed by atoms with Crippen molar-refractivity contribution in [3.63, 3.8) is 0 Å². The summed E-state index contributed by atoms with van der Waals surface area (Å²) in [5.74, 6) is 0.466. The number of ether oxygens (including phenoxy) is 3.